The fraction of sp³-hybridized carbons (Fsp3) is 0.500. The predicted molar refractivity (Wildman–Crippen MR) is 65.2 cm³/mol. The van der Waals surface area contributed by atoms with Crippen LogP contribution < -0.4 is 5.73 Å². The molecule has 0 unspecified atom stereocenters. The zero-order valence-electron chi connectivity index (χ0n) is 9.79. The molecule has 98 valence electrons. The van der Waals surface area contributed by atoms with Gasteiger partial charge in [0.05, 0.1) is 0 Å². The fourth-order valence-electron chi connectivity index (χ4n) is 1.57. The maximum atomic E-state index is 12.4. The molecule has 0 aromatic heterocycles. The van der Waals surface area contributed by atoms with Gasteiger partial charge in [0.25, 0.3) is 0 Å². The van der Waals surface area contributed by atoms with Crippen molar-refractivity contribution in [3.8, 4) is 0 Å². The minimum atomic E-state index is -4.38. The van der Waals surface area contributed by atoms with E-state index in [2.05, 4.69) is 0 Å². The molecule has 2 N–H and O–H groups in total. The average Bonchev–Trinajstić information content (AvgIpc) is 2.14. The van der Waals surface area contributed by atoms with Crippen molar-refractivity contribution < 1.29 is 13.2 Å². The van der Waals surface area contributed by atoms with Gasteiger partial charge < -0.3 is 5.73 Å². The van der Waals surface area contributed by atoms with Gasteiger partial charge in [-0.15, -0.1) is 12.4 Å². The third-order valence-electron chi connectivity index (χ3n) is 2.31. The Morgan fingerprint density at radius 2 is 1.82 bits per heavy atom. The molecule has 1 aromatic carbocycles. The molecule has 0 bridgehead atoms. The van der Waals surface area contributed by atoms with Crippen molar-refractivity contribution in [3.63, 3.8) is 0 Å². The summed E-state index contributed by atoms with van der Waals surface area (Å²) in [5.41, 5.74) is 6.17. The highest BCUT2D eigenvalue weighted by molar-refractivity contribution is 5.85. The summed E-state index contributed by atoms with van der Waals surface area (Å²) in [7, 11) is 0. The van der Waals surface area contributed by atoms with Crippen LogP contribution >= 0.6 is 12.4 Å². The van der Waals surface area contributed by atoms with Crippen molar-refractivity contribution >= 4 is 12.4 Å². The number of hydrogen-bond acceptors (Lipinski definition) is 1. The van der Waals surface area contributed by atoms with E-state index in [9.17, 15) is 13.2 Å². The van der Waals surface area contributed by atoms with Gasteiger partial charge in [-0.2, -0.15) is 13.2 Å². The van der Waals surface area contributed by atoms with E-state index in [0.717, 1.165) is 12.0 Å². The number of nitrogens with two attached hydrogens (primary N) is 1. The van der Waals surface area contributed by atoms with E-state index in [1.807, 2.05) is 19.9 Å². The minimum Gasteiger partial charge on any atom is -0.316 e. The second-order valence-electron chi connectivity index (χ2n) is 4.36. The highest BCUT2D eigenvalue weighted by Crippen LogP contribution is 2.30. The van der Waals surface area contributed by atoms with Crippen molar-refractivity contribution in [1.82, 2.24) is 0 Å². The Bertz CT molecular complexity index is 350. The summed E-state index contributed by atoms with van der Waals surface area (Å²) in [4.78, 5) is 0. The first kappa shape index (κ1) is 16.3. The third kappa shape index (κ3) is 4.96. The van der Waals surface area contributed by atoms with Gasteiger partial charge in [0.2, 0.25) is 0 Å². The van der Waals surface area contributed by atoms with Gasteiger partial charge >= 0.3 is 6.18 Å². The van der Waals surface area contributed by atoms with Crippen molar-refractivity contribution in [1.29, 1.82) is 0 Å². The molecule has 5 heteroatoms. The monoisotopic (exact) mass is 267 g/mol. The lowest BCUT2D eigenvalue weighted by Crippen LogP contribution is -2.28. The molecular weight excluding hydrogens is 251 g/mol. The molecule has 0 heterocycles. The normalized spacial score (nSPS) is 13.4. The van der Waals surface area contributed by atoms with E-state index >= 15 is 0 Å². The third-order valence-corrected chi connectivity index (χ3v) is 2.31. The highest BCUT2D eigenvalue weighted by atomic mass is 35.5. The molecule has 0 saturated carbocycles. The predicted octanol–water partition coefficient (Wildman–Crippen LogP) is 3.87. The van der Waals surface area contributed by atoms with Gasteiger partial charge in [-0.1, -0.05) is 38.1 Å². The summed E-state index contributed by atoms with van der Waals surface area (Å²) in [6.07, 6.45) is -3.62. The quantitative estimate of drug-likeness (QED) is 0.884. The van der Waals surface area contributed by atoms with Crippen molar-refractivity contribution in [2.75, 3.05) is 0 Å². The summed E-state index contributed by atoms with van der Waals surface area (Å²) in [5, 5.41) is 0. The first-order valence-electron chi connectivity index (χ1n) is 5.22. The average molecular weight is 268 g/mol. The van der Waals surface area contributed by atoms with E-state index in [1.54, 1.807) is 6.07 Å². The van der Waals surface area contributed by atoms with E-state index in [-0.39, 0.29) is 18.0 Å². The van der Waals surface area contributed by atoms with Gasteiger partial charge in [-0.3, -0.25) is 0 Å². The van der Waals surface area contributed by atoms with Crippen LogP contribution in [0.4, 0.5) is 13.2 Å². The molecule has 0 spiro atoms. The number of alkyl halides is 3. The molecular formula is C12H17ClF3N. The van der Waals surface area contributed by atoms with Gasteiger partial charge in [0, 0.05) is 0 Å². The molecule has 0 aliphatic carbocycles. The van der Waals surface area contributed by atoms with Crippen LogP contribution in [-0.4, -0.2) is 6.18 Å². The molecule has 1 atom stereocenters. The van der Waals surface area contributed by atoms with Crippen LogP contribution in [0, 0.1) is 5.92 Å². The first-order chi connectivity index (χ1) is 7.30. The van der Waals surface area contributed by atoms with Crippen LogP contribution in [-0.2, 0) is 6.42 Å². The zero-order chi connectivity index (χ0) is 12.3. The lowest BCUT2D eigenvalue weighted by atomic mass is 9.98. The minimum absolute atomic E-state index is 0. The maximum absolute atomic E-state index is 12.4. The molecule has 17 heavy (non-hydrogen) atoms. The first-order valence-corrected chi connectivity index (χ1v) is 5.22. The summed E-state index contributed by atoms with van der Waals surface area (Å²) < 4.78 is 37.2. The SMILES string of the molecule is CC(C)Cc1cccc([C@H](N)C(F)(F)F)c1.Cl. The van der Waals surface area contributed by atoms with Crippen molar-refractivity contribution in [2.24, 2.45) is 11.7 Å². The summed E-state index contributed by atoms with van der Waals surface area (Å²) in [6, 6.07) is 4.52. The summed E-state index contributed by atoms with van der Waals surface area (Å²) in [5.74, 6) is 0.414. The van der Waals surface area contributed by atoms with Crippen molar-refractivity contribution in [3.05, 3.63) is 35.4 Å². The molecule has 0 fully saturated rings. The topological polar surface area (TPSA) is 26.0 Å². The Morgan fingerprint density at radius 3 is 2.29 bits per heavy atom. The second kappa shape index (κ2) is 6.26. The fourth-order valence-corrected chi connectivity index (χ4v) is 1.57. The van der Waals surface area contributed by atoms with E-state index < -0.39 is 12.2 Å². The van der Waals surface area contributed by atoms with Gasteiger partial charge in [0.15, 0.2) is 0 Å². The van der Waals surface area contributed by atoms with Crippen molar-refractivity contribution in [2.45, 2.75) is 32.5 Å². The Hall–Kier alpha value is -0.740. The Morgan fingerprint density at radius 1 is 1.24 bits per heavy atom. The molecule has 0 saturated heterocycles. The molecule has 0 aliphatic heterocycles. The lowest BCUT2D eigenvalue weighted by Gasteiger charge is -2.17. The Kier molecular flexibility index (Phi) is 5.99. The van der Waals surface area contributed by atoms with E-state index in [4.69, 9.17) is 5.73 Å². The molecule has 0 radical (unpaired) electrons. The second-order valence-corrected chi connectivity index (χ2v) is 4.36. The summed E-state index contributed by atoms with van der Waals surface area (Å²) in [6.45, 7) is 4.05. The summed E-state index contributed by atoms with van der Waals surface area (Å²) >= 11 is 0. The molecule has 1 aromatic rings. The lowest BCUT2D eigenvalue weighted by molar-refractivity contribution is -0.149. The van der Waals surface area contributed by atoms with Crippen LogP contribution in [0.5, 0.6) is 0 Å². The smallest absolute Gasteiger partial charge is 0.316 e. The highest BCUT2D eigenvalue weighted by Gasteiger charge is 2.37. The number of rotatable bonds is 3. The van der Waals surface area contributed by atoms with E-state index in [1.165, 1.54) is 12.1 Å². The van der Waals surface area contributed by atoms with Crippen LogP contribution in [0.2, 0.25) is 0 Å². The van der Waals surface area contributed by atoms with Gasteiger partial charge in [-0.25, -0.2) is 0 Å². The largest absolute Gasteiger partial charge is 0.407 e. The maximum Gasteiger partial charge on any atom is 0.407 e. The molecule has 0 amide bonds. The number of hydrogen-bond donors (Lipinski definition) is 1. The van der Waals surface area contributed by atoms with E-state index in [0.29, 0.717) is 5.92 Å². The van der Waals surface area contributed by atoms with Crippen LogP contribution in [0.3, 0.4) is 0 Å². The molecule has 0 aliphatic rings. The number of benzene rings is 1. The molecule has 1 nitrogen and oxygen atoms in total. The Balaban J connectivity index is 0.00000256. The van der Waals surface area contributed by atoms with Gasteiger partial charge in [-0.05, 0) is 23.5 Å². The zero-order valence-corrected chi connectivity index (χ0v) is 10.6. The standard InChI is InChI=1S/C12H16F3N.ClH/c1-8(2)6-9-4-3-5-10(7-9)11(16)12(13,14)15;/h3-5,7-8,11H,6,16H2,1-2H3;1H/t11-;/m0./s1. The van der Waals surface area contributed by atoms with Crippen LogP contribution in [0.15, 0.2) is 24.3 Å². The van der Waals surface area contributed by atoms with Crippen LogP contribution in [0.25, 0.3) is 0 Å². The number of halogens is 4. The van der Waals surface area contributed by atoms with Gasteiger partial charge in [0.1, 0.15) is 6.04 Å². The van der Waals surface area contributed by atoms with Crippen LogP contribution in [0.1, 0.15) is 31.0 Å². The molecule has 1 rings (SSSR count). The Labute approximate surface area is 106 Å².